The maximum absolute atomic E-state index is 12.8. The van der Waals surface area contributed by atoms with Crippen LogP contribution in [0.5, 0.6) is 0 Å². The molecule has 0 fully saturated rings. The van der Waals surface area contributed by atoms with E-state index in [0.717, 1.165) is 0 Å². The summed E-state index contributed by atoms with van der Waals surface area (Å²) in [6.45, 7) is 0. The molecule has 2 unspecified atom stereocenters. The molecule has 0 aliphatic heterocycles. The standard InChI is InChI=1S/C11H13F3N2O2/c12-9(13)10(14)16-8(11(17)18)5-6-2-1-3-7(15)4-6/h1-4,8-10,16H,5,15H2,(H,17,18). The van der Waals surface area contributed by atoms with Gasteiger partial charge < -0.3 is 10.8 Å². The molecule has 0 radical (unpaired) electrons. The van der Waals surface area contributed by atoms with E-state index in [-0.39, 0.29) is 6.42 Å². The van der Waals surface area contributed by atoms with Gasteiger partial charge in [-0.25, -0.2) is 13.2 Å². The number of carbonyl (C=O) groups is 1. The van der Waals surface area contributed by atoms with Crippen molar-refractivity contribution in [3.8, 4) is 0 Å². The monoisotopic (exact) mass is 262 g/mol. The molecule has 0 bridgehead atoms. The highest BCUT2D eigenvalue weighted by atomic mass is 19.3. The van der Waals surface area contributed by atoms with Crippen molar-refractivity contribution in [2.75, 3.05) is 5.73 Å². The molecule has 1 rings (SSSR count). The highest BCUT2D eigenvalue weighted by molar-refractivity contribution is 5.74. The predicted octanol–water partition coefficient (Wildman–Crippen LogP) is 1.41. The minimum absolute atomic E-state index is 0.131. The Balaban J connectivity index is 2.72. The van der Waals surface area contributed by atoms with Gasteiger partial charge in [0, 0.05) is 5.69 Å². The van der Waals surface area contributed by atoms with Crippen molar-refractivity contribution in [2.45, 2.75) is 25.2 Å². The zero-order chi connectivity index (χ0) is 13.7. The van der Waals surface area contributed by atoms with Crippen LogP contribution in [0.15, 0.2) is 24.3 Å². The first kappa shape index (κ1) is 14.3. The highest BCUT2D eigenvalue weighted by Crippen LogP contribution is 2.11. The van der Waals surface area contributed by atoms with Gasteiger partial charge in [0.05, 0.1) is 0 Å². The molecule has 0 amide bonds. The Morgan fingerprint density at radius 1 is 1.39 bits per heavy atom. The number of alkyl halides is 3. The molecule has 0 heterocycles. The number of nitrogens with two attached hydrogens (primary N) is 1. The summed E-state index contributed by atoms with van der Waals surface area (Å²) >= 11 is 0. The molecule has 7 heteroatoms. The van der Waals surface area contributed by atoms with Gasteiger partial charge in [-0.1, -0.05) is 12.1 Å². The van der Waals surface area contributed by atoms with Crippen LogP contribution >= 0.6 is 0 Å². The summed E-state index contributed by atoms with van der Waals surface area (Å²) in [4.78, 5) is 10.8. The minimum atomic E-state index is -3.27. The molecule has 18 heavy (non-hydrogen) atoms. The van der Waals surface area contributed by atoms with Crippen molar-refractivity contribution in [3.63, 3.8) is 0 Å². The van der Waals surface area contributed by atoms with Crippen molar-refractivity contribution in [1.82, 2.24) is 5.32 Å². The second-order valence-electron chi connectivity index (χ2n) is 3.74. The SMILES string of the molecule is Nc1cccc(CC(NC(F)C(F)F)C(=O)O)c1. The van der Waals surface area contributed by atoms with Crippen molar-refractivity contribution in [3.05, 3.63) is 29.8 Å². The number of nitrogens with one attached hydrogen (secondary N) is 1. The summed E-state index contributed by atoms with van der Waals surface area (Å²) in [5.41, 5.74) is 6.44. The molecule has 0 spiro atoms. The molecule has 4 nitrogen and oxygen atoms in total. The summed E-state index contributed by atoms with van der Waals surface area (Å²) in [6, 6.07) is 4.86. The largest absolute Gasteiger partial charge is 0.480 e. The van der Waals surface area contributed by atoms with E-state index in [1.165, 1.54) is 6.07 Å². The van der Waals surface area contributed by atoms with Crippen LogP contribution in [-0.4, -0.2) is 29.8 Å². The van der Waals surface area contributed by atoms with Crippen molar-refractivity contribution >= 4 is 11.7 Å². The van der Waals surface area contributed by atoms with Crippen LogP contribution < -0.4 is 11.1 Å². The maximum atomic E-state index is 12.8. The lowest BCUT2D eigenvalue weighted by Crippen LogP contribution is -2.45. The summed E-state index contributed by atoms with van der Waals surface area (Å²) in [7, 11) is 0. The number of carboxylic acid groups (broad SMARTS) is 1. The zero-order valence-corrected chi connectivity index (χ0v) is 9.32. The third-order valence-electron chi connectivity index (χ3n) is 2.27. The second kappa shape index (κ2) is 6.25. The first-order valence-electron chi connectivity index (χ1n) is 5.15. The lowest BCUT2D eigenvalue weighted by Gasteiger charge is -2.17. The van der Waals surface area contributed by atoms with Gasteiger partial charge in [0.2, 0.25) is 6.30 Å². The first-order chi connectivity index (χ1) is 8.40. The summed E-state index contributed by atoms with van der Waals surface area (Å²) < 4.78 is 36.8. The van der Waals surface area contributed by atoms with Gasteiger partial charge in [0.1, 0.15) is 6.04 Å². The fourth-order valence-corrected chi connectivity index (χ4v) is 1.44. The molecular weight excluding hydrogens is 249 g/mol. The van der Waals surface area contributed by atoms with Gasteiger partial charge in [0.25, 0.3) is 6.43 Å². The van der Waals surface area contributed by atoms with Gasteiger partial charge >= 0.3 is 5.97 Å². The average molecular weight is 262 g/mol. The van der Waals surface area contributed by atoms with Crippen molar-refractivity contribution < 1.29 is 23.1 Å². The molecule has 1 aromatic rings. The van der Waals surface area contributed by atoms with E-state index in [2.05, 4.69) is 0 Å². The van der Waals surface area contributed by atoms with E-state index < -0.39 is 24.7 Å². The van der Waals surface area contributed by atoms with E-state index in [0.29, 0.717) is 11.3 Å². The molecular formula is C11H13F3N2O2. The van der Waals surface area contributed by atoms with Gasteiger partial charge in [-0.15, -0.1) is 0 Å². The summed E-state index contributed by atoms with van der Waals surface area (Å²) in [5.74, 6) is -1.40. The van der Waals surface area contributed by atoms with Crippen LogP contribution in [0.2, 0.25) is 0 Å². The Morgan fingerprint density at radius 3 is 2.56 bits per heavy atom. The molecule has 0 saturated heterocycles. The van der Waals surface area contributed by atoms with Gasteiger partial charge in [-0.05, 0) is 24.1 Å². The molecule has 1 aromatic carbocycles. The van der Waals surface area contributed by atoms with E-state index in [9.17, 15) is 18.0 Å². The highest BCUT2D eigenvalue weighted by Gasteiger charge is 2.27. The zero-order valence-electron chi connectivity index (χ0n) is 9.32. The van der Waals surface area contributed by atoms with E-state index in [1.807, 2.05) is 0 Å². The number of halogens is 3. The van der Waals surface area contributed by atoms with Crippen LogP contribution in [0.4, 0.5) is 18.9 Å². The minimum Gasteiger partial charge on any atom is -0.480 e. The Labute approximate surface area is 102 Å². The molecule has 0 aliphatic rings. The molecule has 0 aliphatic carbocycles. The molecule has 100 valence electrons. The number of benzene rings is 1. The predicted molar refractivity (Wildman–Crippen MR) is 60.0 cm³/mol. The Morgan fingerprint density at radius 2 is 2.06 bits per heavy atom. The molecule has 0 saturated carbocycles. The topological polar surface area (TPSA) is 75.3 Å². The van der Waals surface area contributed by atoms with Crippen LogP contribution in [-0.2, 0) is 11.2 Å². The van der Waals surface area contributed by atoms with Crippen LogP contribution in [0, 0.1) is 0 Å². The Bertz CT molecular complexity index is 415. The van der Waals surface area contributed by atoms with Gasteiger partial charge in [0.15, 0.2) is 0 Å². The number of rotatable bonds is 6. The second-order valence-corrected chi connectivity index (χ2v) is 3.74. The number of anilines is 1. The number of hydrogen-bond acceptors (Lipinski definition) is 3. The first-order valence-corrected chi connectivity index (χ1v) is 5.15. The van der Waals surface area contributed by atoms with E-state index in [1.54, 1.807) is 23.5 Å². The van der Waals surface area contributed by atoms with E-state index in [4.69, 9.17) is 10.8 Å². The Kier molecular flexibility index (Phi) is 4.96. The molecule has 0 aromatic heterocycles. The van der Waals surface area contributed by atoms with Crippen LogP contribution in [0.1, 0.15) is 5.56 Å². The third kappa shape index (κ3) is 4.25. The fraction of sp³-hybridized carbons (Fsp3) is 0.364. The molecule has 2 atom stereocenters. The number of carboxylic acids is 1. The number of nitrogen functional groups attached to an aromatic ring is 1. The van der Waals surface area contributed by atoms with Crippen molar-refractivity contribution in [1.29, 1.82) is 0 Å². The third-order valence-corrected chi connectivity index (χ3v) is 2.27. The number of aliphatic carboxylic acids is 1. The van der Waals surface area contributed by atoms with Gasteiger partial charge in [-0.2, -0.15) is 0 Å². The van der Waals surface area contributed by atoms with E-state index >= 15 is 0 Å². The fourth-order valence-electron chi connectivity index (χ4n) is 1.44. The lowest BCUT2D eigenvalue weighted by molar-refractivity contribution is -0.140. The maximum Gasteiger partial charge on any atom is 0.321 e. The quantitative estimate of drug-likeness (QED) is 0.535. The van der Waals surface area contributed by atoms with Gasteiger partial charge in [-0.3, -0.25) is 10.1 Å². The average Bonchev–Trinajstić information content (AvgIpc) is 2.27. The van der Waals surface area contributed by atoms with Crippen LogP contribution in [0.25, 0.3) is 0 Å². The lowest BCUT2D eigenvalue weighted by atomic mass is 10.1. The Hall–Kier alpha value is -1.76. The summed E-state index contributed by atoms with van der Waals surface area (Å²) in [6.07, 6.45) is -6.08. The number of hydrogen-bond donors (Lipinski definition) is 3. The smallest absolute Gasteiger partial charge is 0.321 e. The normalized spacial score (nSPS) is 14.4. The summed E-state index contributed by atoms with van der Waals surface area (Å²) in [5, 5.41) is 10.6. The van der Waals surface area contributed by atoms with Crippen LogP contribution in [0.3, 0.4) is 0 Å². The molecule has 4 N–H and O–H groups in total. The van der Waals surface area contributed by atoms with Crippen molar-refractivity contribution in [2.24, 2.45) is 0 Å².